The first-order valence-electron chi connectivity index (χ1n) is 10.3. The summed E-state index contributed by atoms with van der Waals surface area (Å²) in [5.41, 5.74) is 22.1. The largest absolute Gasteiger partial charge is 0.507 e. The fraction of sp³-hybridized carbons (Fsp3) is 0.364. The highest BCUT2D eigenvalue weighted by Crippen LogP contribution is 2.46. The van der Waals surface area contributed by atoms with Gasteiger partial charge in [0.1, 0.15) is 11.6 Å². The van der Waals surface area contributed by atoms with Gasteiger partial charge in [-0.2, -0.15) is 0 Å². The van der Waals surface area contributed by atoms with Gasteiger partial charge in [0.25, 0.3) is 0 Å². The van der Waals surface area contributed by atoms with Gasteiger partial charge in [-0.25, -0.2) is 5.84 Å². The smallest absolute Gasteiger partial charge is 0.127 e. The van der Waals surface area contributed by atoms with Crippen LogP contribution in [0.1, 0.15) is 48.5 Å². The zero-order valence-electron chi connectivity index (χ0n) is 17.3. The molecule has 10 N–H and O–H groups in total. The fourth-order valence-electron chi connectivity index (χ4n) is 4.53. The predicted octanol–water partition coefficient (Wildman–Crippen LogP) is 2.11. The molecule has 2 fully saturated rings. The Bertz CT molecular complexity index is 1000. The second kappa shape index (κ2) is 7.62. The van der Waals surface area contributed by atoms with Gasteiger partial charge in [-0.15, -0.1) is 0 Å². The van der Waals surface area contributed by atoms with Crippen LogP contribution in [0.3, 0.4) is 0 Å². The van der Waals surface area contributed by atoms with Crippen molar-refractivity contribution in [3.8, 4) is 5.75 Å². The Morgan fingerprint density at radius 2 is 2.10 bits per heavy atom. The highest BCUT2D eigenvalue weighted by Gasteiger charge is 2.46. The molecule has 2 aliphatic rings. The second-order valence-electron chi connectivity index (χ2n) is 8.40. The summed E-state index contributed by atoms with van der Waals surface area (Å²) in [6.07, 6.45) is 9.31. The van der Waals surface area contributed by atoms with Crippen molar-refractivity contribution >= 4 is 23.3 Å². The first-order chi connectivity index (χ1) is 14.3. The molecule has 8 heteroatoms. The number of hydrogen-bond acceptors (Lipinski definition) is 7. The summed E-state index contributed by atoms with van der Waals surface area (Å²) in [5, 5.41) is 15.4. The Balaban J connectivity index is 1.60. The summed E-state index contributed by atoms with van der Waals surface area (Å²) in [6, 6.07) is 7.49. The van der Waals surface area contributed by atoms with Gasteiger partial charge in [0.2, 0.25) is 0 Å². The van der Waals surface area contributed by atoms with E-state index in [0.717, 1.165) is 36.5 Å². The third-order valence-electron chi connectivity index (χ3n) is 6.27. The molecule has 8 nitrogen and oxygen atoms in total. The van der Waals surface area contributed by atoms with Gasteiger partial charge in [0, 0.05) is 52.6 Å². The molecular weight excluding hydrogens is 378 g/mol. The van der Waals surface area contributed by atoms with E-state index in [-0.39, 0.29) is 5.75 Å². The van der Waals surface area contributed by atoms with Crippen LogP contribution in [-0.2, 0) is 0 Å². The zero-order valence-corrected chi connectivity index (χ0v) is 17.3. The number of piperidine rings is 1. The van der Waals surface area contributed by atoms with E-state index in [9.17, 15) is 5.11 Å². The molecule has 30 heavy (non-hydrogen) atoms. The first kappa shape index (κ1) is 20.2. The van der Waals surface area contributed by atoms with Crippen molar-refractivity contribution in [1.29, 1.82) is 0 Å². The van der Waals surface area contributed by atoms with E-state index >= 15 is 0 Å². The Labute approximate surface area is 176 Å². The highest BCUT2D eigenvalue weighted by molar-refractivity contribution is 5.85. The van der Waals surface area contributed by atoms with Crippen LogP contribution in [0.5, 0.6) is 5.75 Å². The van der Waals surface area contributed by atoms with Crippen molar-refractivity contribution in [1.82, 2.24) is 9.88 Å². The number of aromatic hydroxyl groups is 1. The lowest BCUT2D eigenvalue weighted by Crippen LogP contribution is -2.41. The van der Waals surface area contributed by atoms with Crippen molar-refractivity contribution < 1.29 is 5.11 Å². The minimum atomic E-state index is 0.0332. The van der Waals surface area contributed by atoms with Crippen LogP contribution in [0.15, 0.2) is 36.7 Å². The van der Waals surface area contributed by atoms with Gasteiger partial charge < -0.3 is 32.2 Å². The molecule has 1 aliphatic carbocycles. The molecule has 1 atom stereocenters. The molecule has 1 spiro atoms. The summed E-state index contributed by atoms with van der Waals surface area (Å²) in [5.74, 6) is 6.59. The standard InChI is InChI=1S/C22H31N7O/c1-14-10-15(21(25)29(14)17-4-8-27-22(13-17)5-6-22)11-19(24)18-3-2-16(12-20(18)30)28(26)9-7-23/h2-3,7,9-12,17,27,30H,4-6,8,13,23-26H2,1H3/b9-7-,19-11-. The number of nitrogens with zero attached hydrogens (tertiary/aromatic N) is 2. The van der Waals surface area contributed by atoms with Crippen LogP contribution in [0.4, 0.5) is 11.5 Å². The molecule has 1 aromatic carbocycles. The first-order valence-corrected chi connectivity index (χ1v) is 10.3. The van der Waals surface area contributed by atoms with E-state index in [1.807, 2.05) is 6.08 Å². The summed E-state index contributed by atoms with van der Waals surface area (Å²) in [7, 11) is 0. The molecule has 1 aliphatic heterocycles. The molecule has 2 heterocycles. The number of nitrogens with one attached hydrogen (secondary N) is 1. The molecule has 1 unspecified atom stereocenters. The van der Waals surface area contributed by atoms with Crippen molar-refractivity contribution in [2.75, 3.05) is 17.3 Å². The number of phenolic OH excluding ortho intramolecular Hbond substituents is 1. The number of phenols is 1. The average molecular weight is 410 g/mol. The normalized spacial score (nSPS) is 20.7. The number of nitrogen functional groups attached to an aromatic ring is 1. The lowest BCUT2D eigenvalue weighted by atomic mass is 9.97. The van der Waals surface area contributed by atoms with E-state index in [1.165, 1.54) is 30.3 Å². The zero-order chi connectivity index (χ0) is 21.5. The van der Waals surface area contributed by atoms with E-state index in [1.54, 1.807) is 18.2 Å². The molecule has 2 aromatic rings. The number of benzene rings is 1. The number of hydrazine groups is 1. The lowest BCUT2D eigenvalue weighted by molar-refractivity contribution is 0.286. The molecule has 0 amide bonds. The minimum absolute atomic E-state index is 0.0332. The molecule has 1 saturated heterocycles. The quantitative estimate of drug-likeness (QED) is 0.328. The van der Waals surface area contributed by atoms with Crippen LogP contribution in [0.2, 0.25) is 0 Å². The van der Waals surface area contributed by atoms with E-state index in [2.05, 4.69) is 22.9 Å². The van der Waals surface area contributed by atoms with Crippen LogP contribution in [0.25, 0.3) is 11.8 Å². The molecular formula is C22H31N7O. The highest BCUT2D eigenvalue weighted by atomic mass is 16.3. The molecule has 0 radical (unpaired) electrons. The van der Waals surface area contributed by atoms with Gasteiger partial charge in [0.15, 0.2) is 0 Å². The van der Waals surface area contributed by atoms with Gasteiger partial charge in [-0.05, 0) is 63.4 Å². The van der Waals surface area contributed by atoms with Crippen LogP contribution < -0.4 is 33.4 Å². The topological polar surface area (TPSA) is 145 Å². The van der Waals surface area contributed by atoms with Gasteiger partial charge in [-0.3, -0.25) is 5.01 Å². The monoisotopic (exact) mass is 409 g/mol. The SMILES string of the molecule is Cc1cc(/C=C(\N)c2ccc(N(N)/C=C\N)cc2O)c(N)n1C1CCNC2(CC2)C1. The van der Waals surface area contributed by atoms with Gasteiger partial charge >= 0.3 is 0 Å². The summed E-state index contributed by atoms with van der Waals surface area (Å²) >= 11 is 0. The van der Waals surface area contributed by atoms with Crippen molar-refractivity contribution in [3.63, 3.8) is 0 Å². The Morgan fingerprint density at radius 1 is 1.33 bits per heavy atom. The fourth-order valence-corrected chi connectivity index (χ4v) is 4.53. The number of hydrogen-bond donors (Lipinski definition) is 6. The van der Waals surface area contributed by atoms with Crippen molar-refractivity contribution in [3.05, 3.63) is 53.5 Å². The number of aryl methyl sites for hydroxylation is 1. The van der Waals surface area contributed by atoms with Crippen LogP contribution in [-0.4, -0.2) is 21.8 Å². The van der Waals surface area contributed by atoms with Crippen LogP contribution in [0, 0.1) is 6.92 Å². The van der Waals surface area contributed by atoms with Crippen molar-refractivity contribution in [2.24, 2.45) is 17.3 Å². The van der Waals surface area contributed by atoms with E-state index < -0.39 is 0 Å². The summed E-state index contributed by atoms with van der Waals surface area (Å²) < 4.78 is 2.24. The second-order valence-corrected chi connectivity index (χ2v) is 8.40. The Hall–Kier alpha value is -3.10. The number of rotatable bonds is 5. The summed E-state index contributed by atoms with van der Waals surface area (Å²) in [4.78, 5) is 0. The van der Waals surface area contributed by atoms with Crippen LogP contribution >= 0.6 is 0 Å². The third kappa shape index (κ3) is 3.71. The third-order valence-corrected chi connectivity index (χ3v) is 6.27. The van der Waals surface area contributed by atoms with Gasteiger partial charge in [-0.1, -0.05) is 0 Å². The number of nitrogens with two attached hydrogens (primary N) is 4. The maximum Gasteiger partial charge on any atom is 0.127 e. The van der Waals surface area contributed by atoms with Gasteiger partial charge in [0.05, 0.1) is 5.69 Å². The van der Waals surface area contributed by atoms with E-state index in [4.69, 9.17) is 23.0 Å². The Morgan fingerprint density at radius 3 is 2.77 bits per heavy atom. The predicted molar refractivity (Wildman–Crippen MR) is 122 cm³/mol. The van der Waals surface area contributed by atoms with Crippen molar-refractivity contribution in [2.45, 2.75) is 44.2 Å². The number of anilines is 2. The lowest BCUT2D eigenvalue weighted by Gasteiger charge is -2.33. The molecule has 4 rings (SSSR count). The molecule has 1 saturated carbocycles. The minimum Gasteiger partial charge on any atom is -0.507 e. The molecule has 160 valence electrons. The Kier molecular flexibility index (Phi) is 5.13. The van der Waals surface area contributed by atoms with E-state index in [0.29, 0.717) is 28.5 Å². The maximum atomic E-state index is 10.5. The maximum absolute atomic E-state index is 10.5. The molecule has 1 aromatic heterocycles. The number of aromatic nitrogens is 1. The molecule has 0 bridgehead atoms. The average Bonchev–Trinajstić information content (AvgIpc) is 3.38. The summed E-state index contributed by atoms with van der Waals surface area (Å²) in [6.45, 7) is 3.10.